The largest absolute Gasteiger partial charge is 0.368 e. The molecule has 0 aliphatic carbocycles. The van der Waals surface area contributed by atoms with Crippen LogP contribution in [0, 0.1) is 0 Å². The summed E-state index contributed by atoms with van der Waals surface area (Å²) in [7, 11) is 0. The van der Waals surface area contributed by atoms with E-state index < -0.39 is 5.54 Å². The van der Waals surface area contributed by atoms with Gasteiger partial charge in [-0.1, -0.05) is 12.5 Å². The molecule has 3 N–H and O–H groups in total. The number of rotatable bonds is 3. The van der Waals surface area contributed by atoms with Crippen LogP contribution in [0.4, 0.5) is 10.5 Å². The number of amides is 3. The maximum atomic E-state index is 12.7. The van der Waals surface area contributed by atoms with Crippen LogP contribution < -0.4 is 11.1 Å². The number of piperidine rings is 2. The van der Waals surface area contributed by atoms with Crippen LogP contribution in [0.1, 0.15) is 32.1 Å². The first kappa shape index (κ1) is 18.7. The number of hydrogen-bond donors (Lipinski definition) is 2. The van der Waals surface area contributed by atoms with Crippen LogP contribution in [-0.4, -0.2) is 58.4 Å². The Morgan fingerprint density at radius 1 is 1.04 bits per heavy atom. The minimum absolute atomic E-state index is 0.139. The van der Waals surface area contributed by atoms with Gasteiger partial charge in [-0.05, 0) is 63.0 Å². The molecule has 0 radical (unpaired) electrons. The van der Waals surface area contributed by atoms with E-state index in [-0.39, 0.29) is 11.9 Å². The van der Waals surface area contributed by atoms with Crippen molar-refractivity contribution in [1.82, 2.24) is 14.8 Å². The molecule has 4 rings (SSSR count). The Bertz CT molecular complexity index is 870. The van der Waals surface area contributed by atoms with Gasteiger partial charge < -0.3 is 16.0 Å². The summed E-state index contributed by atoms with van der Waals surface area (Å²) in [5.74, 6) is -0.253. The first-order chi connectivity index (χ1) is 13.6. The number of urea groups is 1. The van der Waals surface area contributed by atoms with E-state index in [0.29, 0.717) is 25.9 Å². The number of carbonyl (C=O) groups excluding carboxylic acids is 2. The number of fused-ring (bicyclic) bond motifs is 1. The van der Waals surface area contributed by atoms with Gasteiger partial charge in [0.05, 0.1) is 5.52 Å². The molecule has 0 bridgehead atoms. The second-order valence-electron chi connectivity index (χ2n) is 7.77. The van der Waals surface area contributed by atoms with Crippen molar-refractivity contribution in [1.29, 1.82) is 0 Å². The van der Waals surface area contributed by atoms with Gasteiger partial charge in [0, 0.05) is 30.4 Å². The highest BCUT2D eigenvalue weighted by Gasteiger charge is 2.45. The predicted octanol–water partition coefficient (Wildman–Crippen LogP) is 2.57. The summed E-state index contributed by atoms with van der Waals surface area (Å²) in [6.07, 6.45) is 6.36. The smallest absolute Gasteiger partial charge is 0.321 e. The quantitative estimate of drug-likeness (QED) is 0.855. The Balaban J connectivity index is 1.41. The number of benzene rings is 1. The second-order valence-corrected chi connectivity index (χ2v) is 7.77. The van der Waals surface area contributed by atoms with Gasteiger partial charge in [-0.3, -0.25) is 14.7 Å². The summed E-state index contributed by atoms with van der Waals surface area (Å²) in [4.78, 5) is 33.4. The zero-order chi connectivity index (χ0) is 19.6. The molecule has 28 heavy (non-hydrogen) atoms. The maximum Gasteiger partial charge on any atom is 0.321 e. The molecule has 0 saturated carbocycles. The molecule has 0 spiro atoms. The van der Waals surface area contributed by atoms with E-state index in [4.69, 9.17) is 5.73 Å². The van der Waals surface area contributed by atoms with Crippen LogP contribution >= 0.6 is 0 Å². The van der Waals surface area contributed by atoms with Crippen molar-refractivity contribution in [3.8, 4) is 0 Å². The summed E-state index contributed by atoms with van der Waals surface area (Å²) in [5.41, 5.74) is 6.86. The first-order valence-corrected chi connectivity index (χ1v) is 10.0. The lowest BCUT2D eigenvalue weighted by Crippen LogP contribution is -2.64. The molecule has 2 aliphatic rings. The van der Waals surface area contributed by atoms with E-state index in [9.17, 15) is 9.59 Å². The van der Waals surface area contributed by atoms with Crippen LogP contribution in [0.15, 0.2) is 36.5 Å². The molecule has 2 saturated heterocycles. The van der Waals surface area contributed by atoms with Crippen molar-refractivity contribution in [3.63, 3.8) is 0 Å². The van der Waals surface area contributed by atoms with Crippen LogP contribution in [0.25, 0.3) is 10.9 Å². The van der Waals surface area contributed by atoms with Gasteiger partial charge in [-0.2, -0.15) is 0 Å². The molecule has 7 heteroatoms. The van der Waals surface area contributed by atoms with Crippen molar-refractivity contribution < 1.29 is 9.59 Å². The van der Waals surface area contributed by atoms with Crippen LogP contribution in [-0.2, 0) is 4.79 Å². The number of carbonyl (C=O) groups is 2. The number of nitrogens with two attached hydrogens (primary N) is 1. The third-order valence-electron chi connectivity index (χ3n) is 6.15. The Morgan fingerprint density at radius 3 is 2.50 bits per heavy atom. The van der Waals surface area contributed by atoms with E-state index in [1.54, 1.807) is 11.1 Å². The fourth-order valence-corrected chi connectivity index (χ4v) is 4.48. The summed E-state index contributed by atoms with van der Waals surface area (Å²) in [6.45, 7) is 2.89. The van der Waals surface area contributed by atoms with Crippen LogP contribution in [0.5, 0.6) is 0 Å². The minimum Gasteiger partial charge on any atom is -0.368 e. The number of nitrogens with zero attached hydrogens (tertiary/aromatic N) is 3. The minimum atomic E-state index is -0.605. The fourth-order valence-electron chi connectivity index (χ4n) is 4.48. The normalized spacial score (nSPS) is 20.1. The van der Waals surface area contributed by atoms with Gasteiger partial charge in [-0.15, -0.1) is 0 Å². The summed E-state index contributed by atoms with van der Waals surface area (Å²) >= 11 is 0. The van der Waals surface area contributed by atoms with E-state index in [0.717, 1.165) is 42.5 Å². The summed E-state index contributed by atoms with van der Waals surface area (Å²) < 4.78 is 0. The monoisotopic (exact) mass is 381 g/mol. The molecule has 2 aliphatic heterocycles. The lowest BCUT2D eigenvalue weighted by atomic mass is 9.83. The number of primary amides is 1. The van der Waals surface area contributed by atoms with E-state index in [1.807, 2.05) is 30.3 Å². The highest BCUT2D eigenvalue weighted by Crippen LogP contribution is 2.32. The van der Waals surface area contributed by atoms with Crippen molar-refractivity contribution in [2.75, 3.05) is 31.5 Å². The first-order valence-electron chi connectivity index (χ1n) is 10.0. The Kier molecular flexibility index (Phi) is 5.17. The van der Waals surface area contributed by atoms with Gasteiger partial charge in [-0.25, -0.2) is 4.79 Å². The number of likely N-dealkylation sites (tertiary alicyclic amines) is 2. The lowest BCUT2D eigenvalue weighted by Gasteiger charge is -2.48. The molecule has 148 valence electrons. The third-order valence-corrected chi connectivity index (χ3v) is 6.15. The molecule has 3 amide bonds. The SMILES string of the molecule is NC(=O)C1(N2CCCCC2)CCN(C(=O)Nc2ccc3ncccc3c2)CC1. The average molecular weight is 381 g/mol. The van der Waals surface area contributed by atoms with Crippen molar-refractivity contribution in [2.24, 2.45) is 5.73 Å². The van der Waals surface area contributed by atoms with E-state index in [2.05, 4.69) is 15.2 Å². The van der Waals surface area contributed by atoms with Gasteiger partial charge in [0.15, 0.2) is 0 Å². The standard InChI is InChI=1S/C21H27N5O2/c22-19(27)21(26-11-2-1-3-12-26)8-13-25(14-9-21)20(28)24-17-6-7-18-16(15-17)5-4-10-23-18/h4-7,10,15H,1-3,8-9,11-14H2,(H2,22,27)(H,24,28). The summed E-state index contributed by atoms with van der Waals surface area (Å²) in [6, 6.07) is 9.39. The molecule has 0 unspecified atom stereocenters. The second kappa shape index (κ2) is 7.75. The van der Waals surface area contributed by atoms with E-state index >= 15 is 0 Å². The number of hydrogen-bond acceptors (Lipinski definition) is 4. The molecular weight excluding hydrogens is 354 g/mol. The molecule has 1 aromatic heterocycles. The zero-order valence-corrected chi connectivity index (χ0v) is 16.1. The molecule has 0 atom stereocenters. The third kappa shape index (κ3) is 3.54. The zero-order valence-electron chi connectivity index (χ0n) is 16.1. The fraction of sp³-hybridized carbons (Fsp3) is 0.476. The molecule has 2 aromatic rings. The number of nitrogens with one attached hydrogen (secondary N) is 1. The van der Waals surface area contributed by atoms with Gasteiger partial charge in [0.2, 0.25) is 5.91 Å². The lowest BCUT2D eigenvalue weighted by molar-refractivity contribution is -0.134. The average Bonchev–Trinajstić information content (AvgIpc) is 2.74. The maximum absolute atomic E-state index is 12.7. The van der Waals surface area contributed by atoms with Crippen molar-refractivity contribution >= 4 is 28.5 Å². The molecule has 1 aromatic carbocycles. The Hall–Kier alpha value is -2.67. The number of anilines is 1. The number of pyridine rings is 1. The van der Waals surface area contributed by atoms with Crippen LogP contribution in [0.3, 0.4) is 0 Å². The van der Waals surface area contributed by atoms with Gasteiger partial charge >= 0.3 is 6.03 Å². The highest BCUT2D eigenvalue weighted by atomic mass is 16.2. The Labute approximate surface area is 164 Å². The molecule has 7 nitrogen and oxygen atoms in total. The van der Waals surface area contributed by atoms with Crippen molar-refractivity contribution in [3.05, 3.63) is 36.5 Å². The topological polar surface area (TPSA) is 91.6 Å². The summed E-state index contributed by atoms with van der Waals surface area (Å²) in [5, 5.41) is 3.95. The van der Waals surface area contributed by atoms with Gasteiger partial charge in [0.1, 0.15) is 5.54 Å². The Morgan fingerprint density at radius 2 is 1.79 bits per heavy atom. The van der Waals surface area contributed by atoms with Crippen molar-refractivity contribution in [2.45, 2.75) is 37.6 Å². The molecule has 2 fully saturated rings. The predicted molar refractivity (Wildman–Crippen MR) is 109 cm³/mol. The highest BCUT2D eigenvalue weighted by molar-refractivity contribution is 5.93. The van der Waals surface area contributed by atoms with Gasteiger partial charge in [0.25, 0.3) is 0 Å². The molecular formula is C21H27N5O2. The number of aromatic nitrogens is 1. The van der Waals surface area contributed by atoms with Crippen LogP contribution in [0.2, 0.25) is 0 Å². The molecule has 3 heterocycles. The van der Waals surface area contributed by atoms with E-state index in [1.165, 1.54) is 6.42 Å².